The van der Waals surface area contributed by atoms with Crippen LogP contribution in [0.4, 0.5) is 5.82 Å². The zero-order chi connectivity index (χ0) is 13.2. The van der Waals surface area contributed by atoms with Crippen LogP contribution in [-0.4, -0.2) is 15.0 Å². The molecule has 0 bridgehead atoms. The number of anilines is 1. The number of nitrogens with one attached hydrogen (secondary N) is 2. The predicted octanol–water partition coefficient (Wildman–Crippen LogP) is 3.88. The molecular weight excluding hydrogens is 283 g/mol. The van der Waals surface area contributed by atoms with E-state index in [1.54, 1.807) is 6.07 Å². The van der Waals surface area contributed by atoms with Gasteiger partial charge in [0, 0.05) is 12.7 Å². The van der Waals surface area contributed by atoms with E-state index in [0.717, 1.165) is 22.4 Å². The molecule has 2 heterocycles. The Kier molecular flexibility index (Phi) is 3.27. The van der Waals surface area contributed by atoms with Gasteiger partial charge in [0.15, 0.2) is 0 Å². The third-order valence-corrected chi connectivity index (χ3v) is 3.54. The molecule has 0 saturated carbocycles. The van der Waals surface area contributed by atoms with Crippen LogP contribution in [0.3, 0.4) is 0 Å². The van der Waals surface area contributed by atoms with Crippen LogP contribution in [0, 0.1) is 0 Å². The zero-order valence-electron chi connectivity index (χ0n) is 9.82. The van der Waals surface area contributed by atoms with Crippen LogP contribution in [-0.2, 0) is 6.54 Å². The number of aromatic nitrogens is 3. The second-order valence-electron chi connectivity index (χ2n) is 4.06. The number of H-pyrrole nitrogens is 1. The minimum absolute atomic E-state index is 0.551. The van der Waals surface area contributed by atoms with Crippen molar-refractivity contribution in [1.29, 1.82) is 0 Å². The minimum atomic E-state index is 0.551. The van der Waals surface area contributed by atoms with Crippen molar-refractivity contribution in [2.45, 2.75) is 6.54 Å². The standard InChI is InChI=1S/C13H10Cl2N4/c14-10-2-1-8(5-11(10)15)6-17-13-9-3-4-16-12(9)18-7-19-13/h1-5,7H,6H2,(H2,16,17,18,19). The lowest BCUT2D eigenvalue weighted by Crippen LogP contribution is -2.02. The van der Waals surface area contributed by atoms with Crippen LogP contribution >= 0.6 is 23.2 Å². The summed E-state index contributed by atoms with van der Waals surface area (Å²) in [6.45, 7) is 0.619. The van der Waals surface area contributed by atoms with E-state index in [9.17, 15) is 0 Å². The third kappa shape index (κ3) is 2.50. The van der Waals surface area contributed by atoms with E-state index in [4.69, 9.17) is 23.2 Å². The second kappa shape index (κ2) is 5.07. The van der Waals surface area contributed by atoms with Crippen molar-refractivity contribution < 1.29 is 0 Å². The van der Waals surface area contributed by atoms with Gasteiger partial charge in [-0.2, -0.15) is 0 Å². The maximum absolute atomic E-state index is 5.98. The summed E-state index contributed by atoms with van der Waals surface area (Å²) in [4.78, 5) is 11.4. The van der Waals surface area contributed by atoms with E-state index in [-0.39, 0.29) is 0 Å². The molecule has 3 rings (SSSR count). The Hall–Kier alpha value is -1.78. The monoisotopic (exact) mass is 292 g/mol. The molecule has 0 radical (unpaired) electrons. The van der Waals surface area contributed by atoms with Crippen molar-refractivity contribution in [1.82, 2.24) is 15.0 Å². The van der Waals surface area contributed by atoms with Gasteiger partial charge in [0.1, 0.15) is 17.8 Å². The maximum atomic E-state index is 5.98. The molecule has 2 N–H and O–H groups in total. The Bertz CT molecular complexity index is 723. The van der Waals surface area contributed by atoms with Crippen LogP contribution in [0.25, 0.3) is 11.0 Å². The quantitative estimate of drug-likeness (QED) is 0.770. The van der Waals surface area contributed by atoms with E-state index in [0.29, 0.717) is 16.6 Å². The number of fused-ring (bicyclic) bond motifs is 1. The first-order valence-electron chi connectivity index (χ1n) is 5.70. The van der Waals surface area contributed by atoms with Gasteiger partial charge in [0.05, 0.1) is 15.4 Å². The van der Waals surface area contributed by atoms with Crippen LogP contribution < -0.4 is 5.32 Å². The average molecular weight is 293 g/mol. The molecule has 1 aromatic carbocycles. The molecule has 0 aliphatic carbocycles. The second-order valence-corrected chi connectivity index (χ2v) is 4.88. The number of hydrogen-bond acceptors (Lipinski definition) is 3. The van der Waals surface area contributed by atoms with Gasteiger partial charge < -0.3 is 10.3 Å². The molecule has 0 spiro atoms. The Balaban J connectivity index is 1.82. The minimum Gasteiger partial charge on any atom is -0.365 e. The Morgan fingerprint density at radius 3 is 2.84 bits per heavy atom. The summed E-state index contributed by atoms with van der Waals surface area (Å²) < 4.78 is 0. The summed E-state index contributed by atoms with van der Waals surface area (Å²) >= 11 is 11.9. The average Bonchev–Trinajstić information content (AvgIpc) is 2.89. The van der Waals surface area contributed by atoms with E-state index in [1.807, 2.05) is 24.4 Å². The van der Waals surface area contributed by atoms with Crippen molar-refractivity contribution in [2.24, 2.45) is 0 Å². The fourth-order valence-electron chi connectivity index (χ4n) is 1.85. The highest BCUT2D eigenvalue weighted by atomic mass is 35.5. The van der Waals surface area contributed by atoms with E-state index >= 15 is 0 Å². The first-order chi connectivity index (χ1) is 9.24. The highest BCUT2D eigenvalue weighted by molar-refractivity contribution is 6.42. The van der Waals surface area contributed by atoms with Crippen molar-refractivity contribution in [2.75, 3.05) is 5.32 Å². The fraction of sp³-hybridized carbons (Fsp3) is 0.0769. The molecular formula is C13H10Cl2N4. The van der Waals surface area contributed by atoms with Crippen molar-refractivity contribution in [3.63, 3.8) is 0 Å². The van der Waals surface area contributed by atoms with Crippen LogP contribution in [0.2, 0.25) is 10.0 Å². The molecule has 3 aromatic rings. The molecule has 6 heteroatoms. The molecule has 19 heavy (non-hydrogen) atoms. The van der Waals surface area contributed by atoms with Gasteiger partial charge in [-0.25, -0.2) is 9.97 Å². The highest BCUT2D eigenvalue weighted by Crippen LogP contribution is 2.23. The number of halogens is 2. The summed E-state index contributed by atoms with van der Waals surface area (Å²) in [5, 5.41) is 5.33. The number of benzene rings is 1. The summed E-state index contributed by atoms with van der Waals surface area (Å²) in [6.07, 6.45) is 3.36. The molecule has 0 fully saturated rings. The molecule has 2 aromatic heterocycles. The lowest BCUT2D eigenvalue weighted by molar-refractivity contribution is 1.10. The van der Waals surface area contributed by atoms with Gasteiger partial charge in [-0.05, 0) is 23.8 Å². The molecule has 4 nitrogen and oxygen atoms in total. The van der Waals surface area contributed by atoms with Crippen LogP contribution in [0.15, 0.2) is 36.8 Å². The molecule has 0 aliphatic heterocycles. The van der Waals surface area contributed by atoms with E-state index < -0.39 is 0 Å². The molecule has 0 aliphatic rings. The van der Waals surface area contributed by atoms with Gasteiger partial charge in [-0.1, -0.05) is 29.3 Å². The lowest BCUT2D eigenvalue weighted by atomic mass is 10.2. The normalized spacial score (nSPS) is 10.8. The topological polar surface area (TPSA) is 53.6 Å². The number of aromatic amines is 1. The summed E-state index contributed by atoms with van der Waals surface area (Å²) in [5.74, 6) is 0.789. The molecule has 0 unspecified atom stereocenters. The Morgan fingerprint density at radius 1 is 1.11 bits per heavy atom. The SMILES string of the molecule is Clc1ccc(CNc2ncnc3[nH]ccc23)cc1Cl. The van der Waals surface area contributed by atoms with Crippen molar-refractivity contribution in [3.8, 4) is 0 Å². The van der Waals surface area contributed by atoms with Crippen molar-refractivity contribution in [3.05, 3.63) is 52.4 Å². The lowest BCUT2D eigenvalue weighted by Gasteiger charge is -2.07. The van der Waals surface area contributed by atoms with Crippen LogP contribution in [0.1, 0.15) is 5.56 Å². The fourth-order valence-corrected chi connectivity index (χ4v) is 2.17. The van der Waals surface area contributed by atoms with Gasteiger partial charge >= 0.3 is 0 Å². The number of hydrogen-bond donors (Lipinski definition) is 2. The number of rotatable bonds is 3. The van der Waals surface area contributed by atoms with Gasteiger partial charge in [0.25, 0.3) is 0 Å². The molecule has 96 valence electrons. The molecule has 0 amide bonds. The zero-order valence-corrected chi connectivity index (χ0v) is 11.3. The van der Waals surface area contributed by atoms with Crippen LogP contribution in [0.5, 0.6) is 0 Å². The third-order valence-electron chi connectivity index (χ3n) is 2.80. The Morgan fingerprint density at radius 2 is 2.00 bits per heavy atom. The van der Waals surface area contributed by atoms with Gasteiger partial charge in [-0.15, -0.1) is 0 Å². The van der Waals surface area contributed by atoms with E-state index in [2.05, 4.69) is 20.3 Å². The number of nitrogens with zero attached hydrogens (tertiary/aromatic N) is 2. The van der Waals surface area contributed by atoms with Gasteiger partial charge in [-0.3, -0.25) is 0 Å². The maximum Gasteiger partial charge on any atom is 0.142 e. The summed E-state index contributed by atoms with van der Waals surface area (Å²) in [7, 11) is 0. The summed E-state index contributed by atoms with van der Waals surface area (Å²) in [5.41, 5.74) is 1.85. The molecule has 0 saturated heterocycles. The summed E-state index contributed by atoms with van der Waals surface area (Å²) in [6, 6.07) is 7.49. The first-order valence-corrected chi connectivity index (χ1v) is 6.45. The van der Waals surface area contributed by atoms with Gasteiger partial charge in [0.2, 0.25) is 0 Å². The van der Waals surface area contributed by atoms with Crippen molar-refractivity contribution >= 4 is 40.1 Å². The molecule has 0 atom stereocenters. The first kappa shape index (κ1) is 12.3. The highest BCUT2D eigenvalue weighted by Gasteiger charge is 2.04. The smallest absolute Gasteiger partial charge is 0.142 e. The Labute approximate surface area is 119 Å². The largest absolute Gasteiger partial charge is 0.365 e. The van der Waals surface area contributed by atoms with E-state index in [1.165, 1.54) is 6.33 Å². The predicted molar refractivity (Wildman–Crippen MR) is 77.7 cm³/mol.